The number of nitrogens with zero attached hydrogens (tertiary/aromatic N) is 3. The fourth-order valence-electron chi connectivity index (χ4n) is 4.04. The minimum atomic E-state index is -0.415. The van der Waals surface area contributed by atoms with Gasteiger partial charge in [-0.05, 0) is 29.3 Å². The van der Waals surface area contributed by atoms with E-state index in [1.54, 1.807) is 32.2 Å². The van der Waals surface area contributed by atoms with Gasteiger partial charge in [-0.1, -0.05) is 42.5 Å². The largest absolute Gasteiger partial charge is 0.497 e. The summed E-state index contributed by atoms with van der Waals surface area (Å²) in [6.07, 6.45) is 1.60. The van der Waals surface area contributed by atoms with Crippen molar-refractivity contribution in [2.45, 2.75) is 13.1 Å². The molecule has 0 atom stereocenters. The first-order valence-corrected chi connectivity index (χ1v) is 10.6. The lowest BCUT2D eigenvalue weighted by atomic mass is 10.1. The molecule has 0 bridgehead atoms. The third-order valence-corrected chi connectivity index (χ3v) is 5.70. The zero-order valence-corrected chi connectivity index (χ0v) is 18.9. The quantitative estimate of drug-likeness (QED) is 0.624. The van der Waals surface area contributed by atoms with E-state index < -0.39 is 11.2 Å². The summed E-state index contributed by atoms with van der Waals surface area (Å²) in [5, 5.41) is 2.90. The van der Waals surface area contributed by atoms with Crippen LogP contribution in [0.15, 0.2) is 69.8 Å². The molecule has 3 aromatic rings. The number of carbonyl (C=O) groups is 1. The number of hydrogen-bond donors (Lipinski definition) is 1. The van der Waals surface area contributed by atoms with Crippen molar-refractivity contribution in [2.24, 2.45) is 7.05 Å². The zero-order valence-electron chi connectivity index (χ0n) is 18.9. The fraction of sp³-hybridized carbons (Fsp3) is 0.240. The Morgan fingerprint density at radius 2 is 1.76 bits per heavy atom. The molecule has 2 heterocycles. The highest BCUT2D eigenvalue weighted by Crippen LogP contribution is 2.23. The first-order valence-electron chi connectivity index (χ1n) is 10.6. The number of hydrogen-bond acceptors (Lipinski definition) is 5. The van der Waals surface area contributed by atoms with Crippen molar-refractivity contribution in [2.75, 3.05) is 25.6 Å². The van der Waals surface area contributed by atoms with Gasteiger partial charge >= 0.3 is 5.69 Å². The molecule has 0 fully saturated rings. The molecule has 1 N–H and O–H groups in total. The molecule has 8 heteroatoms. The number of nitrogens with one attached hydrogen (secondary N) is 1. The number of methoxy groups -OCH3 is 1. The van der Waals surface area contributed by atoms with Gasteiger partial charge in [0.05, 0.1) is 19.2 Å². The van der Waals surface area contributed by atoms with E-state index in [9.17, 15) is 14.4 Å². The molecule has 0 saturated heterocycles. The summed E-state index contributed by atoms with van der Waals surface area (Å²) in [6.45, 7) is 0.774. The zero-order chi connectivity index (χ0) is 23.5. The summed E-state index contributed by atoms with van der Waals surface area (Å²) in [5.41, 5.74) is 1.72. The Kier molecular flexibility index (Phi) is 6.17. The first-order chi connectivity index (χ1) is 15.9. The number of fused-ring (bicyclic) bond motifs is 1. The number of carbonyl (C=O) groups excluding carboxylic acids is 1. The molecule has 1 aliphatic rings. The topological polar surface area (TPSA) is 85.6 Å². The lowest BCUT2D eigenvalue weighted by Crippen LogP contribution is -2.45. The Bertz CT molecular complexity index is 1340. The second-order valence-electron chi connectivity index (χ2n) is 8.02. The summed E-state index contributed by atoms with van der Waals surface area (Å²) in [5.74, 6) is 0.948. The minimum absolute atomic E-state index is 0.161. The number of aromatic nitrogens is 2. The van der Waals surface area contributed by atoms with Crippen molar-refractivity contribution in [1.82, 2.24) is 14.5 Å². The average molecular weight is 447 g/mol. The maximum atomic E-state index is 13.3. The molecular formula is C25H26N4O4. The van der Waals surface area contributed by atoms with Crippen LogP contribution in [0.1, 0.15) is 16.7 Å². The Hall–Kier alpha value is -4.07. The summed E-state index contributed by atoms with van der Waals surface area (Å²) in [4.78, 5) is 40.9. The van der Waals surface area contributed by atoms with Crippen LogP contribution in [0.2, 0.25) is 0 Å². The van der Waals surface area contributed by atoms with Crippen LogP contribution in [0.5, 0.6) is 5.75 Å². The third kappa shape index (κ3) is 4.45. The van der Waals surface area contributed by atoms with Crippen LogP contribution in [-0.2, 0) is 24.9 Å². The monoisotopic (exact) mass is 446 g/mol. The van der Waals surface area contributed by atoms with Gasteiger partial charge in [-0.2, -0.15) is 0 Å². The van der Waals surface area contributed by atoms with Gasteiger partial charge in [0.1, 0.15) is 11.6 Å². The van der Waals surface area contributed by atoms with Crippen LogP contribution in [0.25, 0.3) is 6.08 Å². The second-order valence-corrected chi connectivity index (χ2v) is 8.02. The van der Waals surface area contributed by atoms with E-state index in [2.05, 4.69) is 5.32 Å². The highest BCUT2D eigenvalue weighted by molar-refractivity contribution is 6.00. The standard InChI is InChI=1S/C25H26N4O4/c1-27-16-19(22(30)26-14-18-10-7-11-20(12-18)33-3)13-21-23(27)28(2)25(32)29(24(21)31)15-17-8-5-4-6-9-17/h4-13H,14-16H2,1-3H3,(H,26,30). The van der Waals surface area contributed by atoms with Crippen LogP contribution in [0.3, 0.4) is 0 Å². The number of likely N-dealkylation sites (N-methyl/N-ethyl adjacent to an activating group) is 1. The molecule has 0 saturated carbocycles. The molecule has 4 rings (SSSR count). The first kappa shape index (κ1) is 22.1. The molecule has 0 radical (unpaired) electrons. The molecule has 0 spiro atoms. The Balaban J connectivity index is 1.65. The highest BCUT2D eigenvalue weighted by atomic mass is 16.5. The van der Waals surface area contributed by atoms with Gasteiger partial charge in [0, 0.05) is 32.8 Å². The number of benzene rings is 2. The predicted molar refractivity (Wildman–Crippen MR) is 128 cm³/mol. The van der Waals surface area contributed by atoms with Crippen LogP contribution in [0.4, 0.5) is 5.82 Å². The van der Waals surface area contributed by atoms with E-state index in [1.165, 1.54) is 9.13 Å². The van der Waals surface area contributed by atoms with E-state index in [1.807, 2.05) is 54.6 Å². The van der Waals surface area contributed by atoms with Gasteiger partial charge < -0.3 is 15.0 Å². The number of rotatable bonds is 6. The van der Waals surface area contributed by atoms with Crippen molar-refractivity contribution in [1.29, 1.82) is 0 Å². The number of amides is 1. The van der Waals surface area contributed by atoms with Crippen LogP contribution in [-0.4, -0.2) is 35.7 Å². The number of anilines is 1. The minimum Gasteiger partial charge on any atom is -0.497 e. The van der Waals surface area contributed by atoms with Crippen molar-refractivity contribution in [3.8, 4) is 5.75 Å². The summed E-state index contributed by atoms with van der Waals surface area (Å²) in [7, 11) is 5.00. The molecule has 0 aliphatic carbocycles. The Morgan fingerprint density at radius 3 is 2.48 bits per heavy atom. The maximum Gasteiger partial charge on any atom is 0.332 e. The van der Waals surface area contributed by atoms with E-state index in [4.69, 9.17) is 4.74 Å². The van der Waals surface area contributed by atoms with E-state index >= 15 is 0 Å². The van der Waals surface area contributed by atoms with Crippen molar-refractivity contribution in [3.05, 3.63) is 97.7 Å². The molecule has 1 amide bonds. The normalized spacial score (nSPS) is 12.7. The van der Waals surface area contributed by atoms with Gasteiger partial charge in [0.25, 0.3) is 5.56 Å². The van der Waals surface area contributed by atoms with Gasteiger partial charge in [-0.15, -0.1) is 0 Å². The lowest BCUT2D eigenvalue weighted by molar-refractivity contribution is -0.117. The molecule has 170 valence electrons. The number of ether oxygens (including phenoxy) is 1. The van der Waals surface area contributed by atoms with Gasteiger partial charge in [-0.25, -0.2) is 4.79 Å². The van der Waals surface area contributed by atoms with Crippen molar-refractivity contribution < 1.29 is 9.53 Å². The highest BCUT2D eigenvalue weighted by Gasteiger charge is 2.26. The smallest absolute Gasteiger partial charge is 0.332 e. The van der Waals surface area contributed by atoms with Gasteiger partial charge in [-0.3, -0.25) is 18.7 Å². The maximum absolute atomic E-state index is 13.3. The summed E-state index contributed by atoms with van der Waals surface area (Å²) >= 11 is 0. The van der Waals surface area contributed by atoms with Crippen molar-refractivity contribution in [3.63, 3.8) is 0 Å². The third-order valence-electron chi connectivity index (χ3n) is 5.70. The molecule has 8 nitrogen and oxygen atoms in total. The van der Waals surface area contributed by atoms with Crippen molar-refractivity contribution >= 4 is 17.8 Å². The SMILES string of the molecule is COc1cccc(CNC(=O)C2=Cc3c(n(C)c(=O)n(Cc4ccccc4)c3=O)N(C)C2)c1. The molecule has 1 aromatic heterocycles. The van der Waals surface area contributed by atoms with Gasteiger partial charge in [0.15, 0.2) is 0 Å². The average Bonchev–Trinajstić information content (AvgIpc) is 2.84. The molecule has 33 heavy (non-hydrogen) atoms. The molecular weight excluding hydrogens is 420 g/mol. The van der Waals surface area contributed by atoms with E-state index in [0.29, 0.717) is 29.2 Å². The fourth-order valence-corrected chi connectivity index (χ4v) is 4.04. The van der Waals surface area contributed by atoms with E-state index in [0.717, 1.165) is 11.1 Å². The molecule has 0 unspecified atom stereocenters. The van der Waals surface area contributed by atoms with Crippen LogP contribution < -0.4 is 26.2 Å². The lowest BCUT2D eigenvalue weighted by Gasteiger charge is -2.29. The second kappa shape index (κ2) is 9.20. The molecule has 1 aliphatic heterocycles. The Labute approximate surface area is 191 Å². The predicted octanol–water partition coefficient (Wildman–Crippen LogP) is 1.75. The Morgan fingerprint density at radius 1 is 1.03 bits per heavy atom. The summed E-state index contributed by atoms with van der Waals surface area (Å²) < 4.78 is 7.89. The van der Waals surface area contributed by atoms with Crippen LogP contribution >= 0.6 is 0 Å². The van der Waals surface area contributed by atoms with E-state index in [-0.39, 0.29) is 19.0 Å². The molecule has 2 aromatic carbocycles. The summed E-state index contributed by atoms with van der Waals surface area (Å²) in [6, 6.07) is 16.8. The van der Waals surface area contributed by atoms with Crippen LogP contribution in [0, 0.1) is 0 Å². The van der Waals surface area contributed by atoms with Gasteiger partial charge in [0.2, 0.25) is 5.91 Å².